The Hall–Kier alpha value is -0.740. The Bertz CT molecular complexity index is 328. The molecule has 0 amide bonds. The maximum Gasteiger partial charge on any atom is 0.0440 e. The molecule has 0 spiro atoms. The zero-order valence-corrected chi connectivity index (χ0v) is 12.0. The Morgan fingerprint density at radius 1 is 1.47 bits per heavy atom. The summed E-state index contributed by atoms with van der Waals surface area (Å²) in [6.45, 7) is 6.27. The van der Waals surface area contributed by atoms with E-state index in [0.717, 1.165) is 18.8 Å². The SMILES string of the molecule is CSCCN(C)c1ccncc1CNC(C)C. The highest BCUT2D eigenvalue weighted by atomic mass is 32.2. The number of rotatable bonds is 7. The van der Waals surface area contributed by atoms with Crippen LogP contribution in [0.4, 0.5) is 5.69 Å². The quantitative estimate of drug-likeness (QED) is 0.807. The molecule has 1 aromatic rings. The normalized spacial score (nSPS) is 10.9. The fourth-order valence-corrected chi connectivity index (χ4v) is 2.05. The van der Waals surface area contributed by atoms with Gasteiger partial charge in [0.25, 0.3) is 0 Å². The molecule has 0 aliphatic heterocycles. The van der Waals surface area contributed by atoms with Crippen LogP contribution in [0.5, 0.6) is 0 Å². The Kier molecular flexibility index (Phi) is 6.37. The molecule has 17 heavy (non-hydrogen) atoms. The van der Waals surface area contributed by atoms with Crippen LogP contribution in [0.1, 0.15) is 19.4 Å². The van der Waals surface area contributed by atoms with Crippen molar-refractivity contribution in [3.63, 3.8) is 0 Å². The monoisotopic (exact) mass is 253 g/mol. The minimum atomic E-state index is 0.500. The van der Waals surface area contributed by atoms with Gasteiger partial charge in [-0.1, -0.05) is 13.8 Å². The van der Waals surface area contributed by atoms with Crippen molar-refractivity contribution in [2.45, 2.75) is 26.4 Å². The molecule has 1 heterocycles. The molecule has 96 valence electrons. The summed E-state index contributed by atoms with van der Waals surface area (Å²) >= 11 is 1.88. The summed E-state index contributed by atoms with van der Waals surface area (Å²) in [7, 11) is 2.14. The second-order valence-electron chi connectivity index (χ2n) is 4.45. The molecule has 0 unspecified atom stereocenters. The zero-order chi connectivity index (χ0) is 12.7. The molecule has 0 saturated carbocycles. The van der Waals surface area contributed by atoms with Gasteiger partial charge in [-0.15, -0.1) is 0 Å². The molecule has 1 N–H and O–H groups in total. The Morgan fingerprint density at radius 2 is 2.24 bits per heavy atom. The lowest BCUT2D eigenvalue weighted by atomic mass is 10.2. The van der Waals surface area contributed by atoms with Gasteiger partial charge in [-0.05, 0) is 12.3 Å². The van der Waals surface area contributed by atoms with Gasteiger partial charge in [-0.3, -0.25) is 4.98 Å². The predicted molar refractivity (Wildman–Crippen MR) is 77.9 cm³/mol. The van der Waals surface area contributed by atoms with Gasteiger partial charge < -0.3 is 10.2 Å². The molecular formula is C13H23N3S. The molecular weight excluding hydrogens is 230 g/mol. The van der Waals surface area contributed by atoms with E-state index in [-0.39, 0.29) is 0 Å². The minimum Gasteiger partial charge on any atom is -0.373 e. The number of aromatic nitrogens is 1. The zero-order valence-electron chi connectivity index (χ0n) is 11.2. The maximum absolute atomic E-state index is 4.21. The van der Waals surface area contributed by atoms with Crippen LogP contribution in [0.2, 0.25) is 0 Å². The molecule has 0 aliphatic rings. The van der Waals surface area contributed by atoms with Crippen molar-refractivity contribution in [2.24, 2.45) is 0 Å². The van der Waals surface area contributed by atoms with Crippen molar-refractivity contribution >= 4 is 17.4 Å². The third-order valence-electron chi connectivity index (χ3n) is 2.62. The second-order valence-corrected chi connectivity index (χ2v) is 5.44. The molecule has 1 aromatic heterocycles. The first-order valence-corrected chi connectivity index (χ1v) is 7.41. The predicted octanol–water partition coefficient (Wildman–Crippen LogP) is 2.38. The molecule has 4 heteroatoms. The van der Waals surface area contributed by atoms with Crippen molar-refractivity contribution in [2.75, 3.05) is 30.5 Å². The first kappa shape index (κ1) is 14.3. The van der Waals surface area contributed by atoms with Crippen molar-refractivity contribution in [1.29, 1.82) is 0 Å². The van der Waals surface area contributed by atoms with E-state index in [0.29, 0.717) is 6.04 Å². The lowest BCUT2D eigenvalue weighted by molar-refractivity contribution is 0.587. The number of nitrogens with one attached hydrogen (secondary N) is 1. The summed E-state index contributed by atoms with van der Waals surface area (Å²) in [4.78, 5) is 6.52. The van der Waals surface area contributed by atoms with Crippen LogP contribution in [0.3, 0.4) is 0 Å². The summed E-state index contributed by atoms with van der Waals surface area (Å²) in [5.41, 5.74) is 2.55. The third-order valence-corrected chi connectivity index (χ3v) is 3.21. The Labute approximate surface area is 109 Å². The van der Waals surface area contributed by atoms with Crippen LogP contribution < -0.4 is 10.2 Å². The number of hydrogen-bond donors (Lipinski definition) is 1. The molecule has 0 aromatic carbocycles. The number of anilines is 1. The highest BCUT2D eigenvalue weighted by Crippen LogP contribution is 2.18. The number of thioether (sulfide) groups is 1. The van der Waals surface area contributed by atoms with Gasteiger partial charge in [0.2, 0.25) is 0 Å². The van der Waals surface area contributed by atoms with Gasteiger partial charge in [0.15, 0.2) is 0 Å². The van der Waals surface area contributed by atoms with Crippen molar-refractivity contribution < 1.29 is 0 Å². The fraction of sp³-hybridized carbons (Fsp3) is 0.615. The first-order chi connectivity index (χ1) is 8.15. The van der Waals surface area contributed by atoms with Crippen LogP contribution in [-0.4, -0.2) is 36.6 Å². The van der Waals surface area contributed by atoms with Crippen molar-refractivity contribution in [1.82, 2.24) is 10.3 Å². The van der Waals surface area contributed by atoms with Crippen LogP contribution in [0, 0.1) is 0 Å². The summed E-state index contributed by atoms with van der Waals surface area (Å²) in [5, 5.41) is 3.44. The van der Waals surface area contributed by atoms with Gasteiger partial charge >= 0.3 is 0 Å². The van der Waals surface area contributed by atoms with Gasteiger partial charge in [0.05, 0.1) is 0 Å². The van der Waals surface area contributed by atoms with Crippen LogP contribution in [0.25, 0.3) is 0 Å². The van der Waals surface area contributed by atoms with E-state index in [1.807, 2.05) is 24.2 Å². The van der Waals surface area contributed by atoms with E-state index in [1.54, 1.807) is 0 Å². The summed E-state index contributed by atoms with van der Waals surface area (Å²) in [6, 6.07) is 2.59. The van der Waals surface area contributed by atoms with E-state index in [4.69, 9.17) is 0 Å². The van der Waals surface area contributed by atoms with Gasteiger partial charge in [0.1, 0.15) is 0 Å². The van der Waals surface area contributed by atoms with Gasteiger partial charge in [-0.2, -0.15) is 11.8 Å². The lowest BCUT2D eigenvalue weighted by Crippen LogP contribution is -2.26. The van der Waals surface area contributed by atoms with E-state index in [2.05, 4.69) is 48.4 Å². The maximum atomic E-state index is 4.21. The standard InChI is InChI=1S/C13H23N3S/c1-11(2)15-10-12-9-14-6-5-13(12)16(3)7-8-17-4/h5-6,9,11,15H,7-8,10H2,1-4H3. The molecule has 0 aliphatic carbocycles. The molecule has 0 atom stereocenters. The smallest absolute Gasteiger partial charge is 0.0440 e. The average Bonchev–Trinajstić information content (AvgIpc) is 2.33. The van der Waals surface area contributed by atoms with Crippen LogP contribution in [0.15, 0.2) is 18.5 Å². The van der Waals surface area contributed by atoms with E-state index < -0.39 is 0 Å². The topological polar surface area (TPSA) is 28.2 Å². The van der Waals surface area contributed by atoms with Crippen molar-refractivity contribution in [3.05, 3.63) is 24.0 Å². The van der Waals surface area contributed by atoms with Crippen LogP contribution in [-0.2, 0) is 6.54 Å². The van der Waals surface area contributed by atoms with Gasteiger partial charge in [0, 0.05) is 55.6 Å². The number of nitrogens with zero attached hydrogens (tertiary/aromatic N) is 2. The number of hydrogen-bond acceptors (Lipinski definition) is 4. The second kappa shape index (κ2) is 7.56. The minimum absolute atomic E-state index is 0.500. The summed E-state index contributed by atoms with van der Waals surface area (Å²) in [5.74, 6) is 1.15. The van der Waals surface area contributed by atoms with E-state index >= 15 is 0 Å². The van der Waals surface area contributed by atoms with Gasteiger partial charge in [-0.25, -0.2) is 0 Å². The molecule has 0 bridgehead atoms. The Balaban J connectivity index is 2.69. The molecule has 1 rings (SSSR count). The molecule has 3 nitrogen and oxygen atoms in total. The average molecular weight is 253 g/mol. The molecule has 0 saturated heterocycles. The first-order valence-electron chi connectivity index (χ1n) is 6.01. The lowest BCUT2D eigenvalue weighted by Gasteiger charge is -2.22. The summed E-state index contributed by atoms with van der Waals surface area (Å²) in [6.07, 6.45) is 5.96. The molecule has 0 radical (unpaired) electrons. The van der Waals surface area contributed by atoms with Crippen molar-refractivity contribution in [3.8, 4) is 0 Å². The number of pyridine rings is 1. The third kappa shape index (κ3) is 4.96. The Morgan fingerprint density at radius 3 is 2.88 bits per heavy atom. The van der Waals surface area contributed by atoms with E-state index in [9.17, 15) is 0 Å². The summed E-state index contributed by atoms with van der Waals surface area (Å²) < 4.78 is 0. The highest BCUT2D eigenvalue weighted by molar-refractivity contribution is 7.98. The largest absolute Gasteiger partial charge is 0.373 e. The van der Waals surface area contributed by atoms with E-state index in [1.165, 1.54) is 11.3 Å². The molecule has 0 fully saturated rings. The highest BCUT2D eigenvalue weighted by Gasteiger charge is 2.07. The van der Waals surface area contributed by atoms with Crippen LogP contribution >= 0.6 is 11.8 Å². The fourth-order valence-electron chi connectivity index (χ4n) is 1.59.